The van der Waals surface area contributed by atoms with Gasteiger partial charge < -0.3 is 19.5 Å². The van der Waals surface area contributed by atoms with Crippen LogP contribution in [0.3, 0.4) is 0 Å². The third-order valence-electron chi connectivity index (χ3n) is 5.64. The van der Waals surface area contributed by atoms with Gasteiger partial charge in [-0.2, -0.15) is 0 Å². The van der Waals surface area contributed by atoms with Crippen LogP contribution >= 0.6 is 0 Å². The smallest absolute Gasteiger partial charge is 0.287 e. The van der Waals surface area contributed by atoms with Gasteiger partial charge in [-0.15, -0.1) is 0 Å². The van der Waals surface area contributed by atoms with Gasteiger partial charge in [0.1, 0.15) is 17.3 Å². The molecule has 5 heteroatoms. The van der Waals surface area contributed by atoms with E-state index in [0.29, 0.717) is 23.6 Å². The Morgan fingerprint density at radius 1 is 0.963 bits per heavy atom. The Labute approximate surface area is 157 Å². The number of furan rings is 2. The molecule has 0 unspecified atom stereocenters. The van der Waals surface area contributed by atoms with Crippen molar-refractivity contribution in [3.05, 3.63) is 60.1 Å². The van der Waals surface area contributed by atoms with Gasteiger partial charge in [-0.05, 0) is 50.5 Å². The number of fused-ring (bicyclic) bond motifs is 2. The minimum Gasteiger partial charge on any atom is -0.461 e. The van der Waals surface area contributed by atoms with Gasteiger partial charge in [-0.25, -0.2) is 0 Å². The van der Waals surface area contributed by atoms with Crippen molar-refractivity contribution in [1.29, 1.82) is 0 Å². The number of nitrogens with one attached hydrogen (secondary N) is 2. The van der Waals surface area contributed by atoms with E-state index in [0.717, 1.165) is 35.5 Å². The summed E-state index contributed by atoms with van der Waals surface area (Å²) in [6.45, 7) is 1.93. The summed E-state index contributed by atoms with van der Waals surface area (Å²) in [5.74, 6) is 2.65. The summed E-state index contributed by atoms with van der Waals surface area (Å²) in [6, 6.07) is 16.6. The van der Waals surface area contributed by atoms with Crippen molar-refractivity contribution in [3.63, 3.8) is 0 Å². The first-order valence-corrected chi connectivity index (χ1v) is 9.50. The second kappa shape index (κ2) is 6.43. The number of amides is 1. The van der Waals surface area contributed by atoms with E-state index in [1.807, 2.05) is 49.4 Å². The summed E-state index contributed by atoms with van der Waals surface area (Å²) in [6.07, 6.45) is 3.37. The average molecular weight is 362 g/mol. The summed E-state index contributed by atoms with van der Waals surface area (Å²) < 4.78 is 11.5. The van der Waals surface area contributed by atoms with Crippen molar-refractivity contribution >= 4 is 5.91 Å². The fraction of sp³-hybridized carbons (Fsp3) is 0.318. The second-order valence-corrected chi connectivity index (χ2v) is 7.51. The maximum absolute atomic E-state index is 12.5. The fourth-order valence-corrected chi connectivity index (χ4v) is 4.23. The molecule has 2 bridgehead atoms. The lowest BCUT2D eigenvalue weighted by Crippen LogP contribution is -2.42. The standard InChI is InChI=1S/C22H22N2O3/c1-13-2-9-19(26-13)14-3-5-15(6-4-14)20-10-11-21(27-20)22(25)24-18-12-16-7-8-17(18)23-16/h2-6,9-11,16-18,23H,7-8,12H2,1H3,(H,24,25)/t16-,17+,18-/m1/s1. The zero-order chi connectivity index (χ0) is 18.4. The van der Waals surface area contributed by atoms with Crippen LogP contribution in [0.25, 0.3) is 22.6 Å². The van der Waals surface area contributed by atoms with E-state index in [1.165, 1.54) is 6.42 Å². The zero-order valence-electron chi connectivity index (χ0n) is 15.2. The van der Waals surface area contributed by atoms with E-state index in [2.05, 4.69) is 10.6 Å². The van der Waals surface area contributed by atoms with Crippen LogP contribution in [0.5, 0.6) is 0 Å². The van der Waals surface area contributed by atoms with Crippen LogP contribution in [0.4, 0.5) is 0 Å². The Morgan fingerprint density at radius 3 is 2.26 bits per heavy atom. The second-order valence-electron chi connectivity index (χ2n) is 7.51. The first-order chi connectivity index (χ1) is 13.2. The van der Waals surface area contributed by atoms with Crippen LogP contribution in [-0.2, 0) is 0 Å². The Hall–Kier alpha value is -2.79. The van der Waals surface area contributed by atoms with E-state index in [-0.39, 0.29) is 11.9 Å². The van der Waals surface area contributed by atoms with E-state index in [1.54, 1.807) is 6.07 Å². The molecule has 2 fully saturated rings. The molecular weight excluding hydrogens is 340 g/mol. The van der Waals surface area contributed by atoms with E-state index in [9.17, 15) is 4.79 Å². The van der Waals surface area contributed by atoms with Crippen molar-refractivity contribution in [1.82, 2.24) is 10.6 Å². The number of rotatable bonds is 4. The van der Waals surface area contributed by atoms with Crippen molar-refractivity contribution in [2.24, 2.45) is 0 Å². The van der Waals surface area contributed by atoms with Crippen molar-refractivity contribution < 1.29 is 13.6 Å². The van der Waals surface area contributed by atoms with Gasteiger partial charge in [0.05, 0.1) is 0 Å². The number of aryl methyl sites for hydroxylation is 1. The normalized spacial score (nSPS) is 23.7. The van der Waals surface area contributed by atoms with E-state index >= 15 is 0 Å². The molecular formula is C22H22N2O3. The number of hydrogen-bond acceptors (Lipinski definition) is 4. The highest BCUT2D eigenvalue weighted by atomic mass is 16.4. The number of carbonyl (C=O) groups is 1. The molecule has 1 aromatic carbocycles. The predicted octanol–water partition coefficient (Wildman–Crippen LogP) is 4.14. The minimum atomic E-state index is -0.136. The average Bonchev–Trinajstić information content (AvgIpc) is 3.46. The highest BCUT2D eigenvalue weighted by molar-refractivity contribution is 5.92. The van der Waals surface area contributed by atoms with Crippen LogP contribution in [0.15, 0.2) is 57.4 Å². The molecule has 0 saturated carbocycles. The summed E-state index contributed by atoms with van der Waals surface area (Å²) in [5.41, 5.74) is 1.95. The minimum absolute atomic E-state index is 0.136. The van der Waals surface area contributed by atoms with Crippen LogP contribution in [0.2, 0.25) is 0 Å². The number of hydrogen-bond donors (Lipinski definition) is 2. The van der Waals surface area contributed by atoms with Gasteiger partial charge in [0.25, 0.3) is 5.91 Å². The van der Waals surface area contributed by atoms with Crippen LogP contribution < -0.4 is 10.6 Å². The molecule has 2 aliphatic heterocycles. The Kier molecular flexibility index (Phi) is 3.90. The quantitative estimate of drug-likeness (QED) is 0.732. The molecule has 3 aromatic rings. The number of benzene rings is 1. The first kappa shape index (κ1) is 16.4. The molecule has 2 saturated heterocycles. The third-order valence-corrected chi connectivity index (χ3v) is 5.64. The SMILES string of the molecule is Cc1ccc(-c2ccc(-c3ccc(C(=O)N[C@@H]4C[C@H]5CC[C@@H]4N5)o3)cc2)o1. The predicted molar refractivity (Wildman–Crippen MR) is 102 cm³/mol. The maximum atomic E-state index is 12.5. The Balaban J connectivity index is 1.29. The zero-order valence-corrected chi connectivity index (χ0v) is 15.2. The molecule has 5 nitrogen and oxygen atoms in total. The lowest BCUT2D eigenvalue weighted by atomic mass is 9.95. The van der Waals surface area contributed by atoms with Crippen molar-refractivity contribution in [3.8, 4) is 22.6 Å². The van der Waals surface area contributed by atoms with E-state index in [4.69, 9.17) is 8.83 Å². The molecule has 1 amide bonds. The first-order valence-electron chi connectivity index (χ1n) is 9.50. The molecule has 0 radical (unpaired) electrons. The Bertz CT molecular complexity index is 970. The largest absolute Gasteiger partial charge is 0.461 e. The highest BCUT2D eigenvalue weighted by Gasteiger charge is 2.39. The maximum Gasteiger partial charge on any atom is 0.287 e. The summed E-state index contributed by atoms with van der Waals surface area (Å²) in [5, 5.41) is 6.65. The molecule has 5 rings (SSSR count). The van der Waals surface area contributed by atoms with Crippen LogP contribution in [-0.4, -0.2) is 24.0 Å². The van der Waals surface area contributed by atoms with Gasteiger partial charge in [0.15, 0.2) is 5.76 Å². The molecule has 2 aliphatic rings. The Morgan fingerprint density at radius 2 is 1.67 bits per heavy atom. The lowest BCUT2D eigenvalue weighted by molar-refractivity contribution is 0.0903. The highest BCUT2D eigenvalue weighted by Crippen LogP contribution is 2.30. The van der Waals surface area contributed by atoms with Crippen LogP contribution in [0.1, 0.15) is 35.6 Å². The lowest BCUT2D eigenvalue weighted by Gasteiger charge is -2.20. The summed E-state index contributed by atoms with van der Waals surface area (Å²) in [4.78, 5) is 12.5. The van der Waals surface area contributed by atoms with E-state index < -0.39 is 0 Å². The fourth-order valence-electron chi connectivity index (χ4n) is 4.23. The monoisotopic (exact) mass is 362 g/mol. The van der Waals surface area contributed by atoms with Gasteiger partial charge >= 0.3 is 0 Å². The molecule has 4 heterocycles. The van der Waals surface area contributed by atoms with Gasteiger partial charge in [-0.3, -0.25) is 4.79 Å². The molecule has 2 aromatic heterocycles. The molecule has 0 spiro atoms. The van der Waals surface area contributed by atoms with Crippen molar-refractivity contribution in [2.45, 2.75) is 44.3 Å². The van der Waals surface area contributed by atoms with Gasteiger partial charge in [-0.1, -0.05) is 24.3 Å². The molecule has 3 atom stereocenters. The number of carbonyl (C=O) groups excluding carboxylic acids is 1. The van der Waals surface area contributed by atoms with Gasteiger partial charge in [0.2, 0.25) is 0 Å². The van der Waals surface area contributed by atoms with Crippen LogP contribution in [0, 0.1) is 6.92 Å². The topological polar surface area (TPSA) is 67.4 Å². The molecule has 0 aliphatic carbocycles. The molecule has 138 valence electrons. The third kappa shape index (κ3) is 3.08. The van der Waals surface area contributed by atoms with Crippen molar-refractivity contribution in [2.75, 3.05) is 0 Å². The summed E-state index contributed by atoms with van der Waals surface area (Å²) in [7, 11) is 0. The summed E-state index contributed by atoms with van der Waals surface area (Å²) >= 11 is 0. The molecule has 2 N–H and O–H groups in total. The van der Waals surface area contributed by atoms with Gasteiger partial charge in [0, 0.05) is 29.3 Å². The molecule has 27 heavy (non-hydrogen) atoms.